The maximum Gasteiger partial charge on any atom is 0.302 e. The molecule has 2 aliphatic rings. The van der Waals surface area contributed by atoms with Crippen LogP contribution in [0.15, 0.2) is 71.8 Å². The largest absolute Gasteiger partial charge is 0.463 e. The van der Waals surface area contributed by atoms with Crippen LogP contribution in [0.1, 0.15) is 30.6 Å². The highest BCUT2D eigenvalue weighted by Crippen LogP contribution is 2.44. The van der Waals surface area contributed by atoms with Crippen molar-refractivity contribution >= 4 is 23.1 Å². The number of aromatic nitrogens is 4. The van der Waals surface area contributed by atoms with Gasteiger partial charge in [-0.3, -0.25) is 18.7 Å². The second-order valence-corrected chi connectivity index (χ2v) is 8.98. The normalized spacial score (nSPS) is 24.8. The summed E-state index contributed by atoms with van der Waals surface area (Å²) in [5.74, 6) is -0.372. The third kappa shape index (κ3) is 4.26. The van der Waals surface area contributed by atoms with Crippen LogP contribution in [0.3, 0.4) is 0 Å². The number of carbonyl (C=O) groups is 1. The number of hydrogen-bond acceptors (Lipinski definition) is 9. The molecule has 11 heteroatoms. The highest BCUT2D eigenvalue weighted by molar-refractivity contribution is 5.71. The quantitative estimate of drug-likeness (QED) is 0.393. The number of carbonyl (C=O) groups excluding carboxylic acids is 1. The number of rotatable bonds is 6. The predicted molar refractivity (Wildman–Crippen MR) is 131 cm³/mol. The van der Waals surface area contributed by atoms with Gasteiger partial charge in [-0.15, -0.1) is 0 Å². The topological polar surface area (TPSA) is 133 Å². The Hall–Kier alpha value is -4.06. The first-order valence-electron chi connectivity index (χ1n) is 11.9. The van der Waals surface area contributed by atoms with Crippen molar-refractivity contribution in [3.63, 3.8) is 0 Å². The van der Waals surface area contributed by atoms with Gasteiger partial charge in [-0.1, -0.05) is 60.7 Å². The first kappa shape index (κ1) is 23.3. The first-order chi connectivity index (χ1) is 18.0. The predicted octanol–water partition coefficient (Wildman–Crippen LogP) is 2.17. The fraction of sp³-hybridized carbons (Fsp3) is 0.308. The summed E-state index contributed by atoms with van der Waals surface area (Å²) in [6, 6.07) is 19.0. The molecule has 2 N–H and O–H groups in total. The maximum atomic E-state index is 13.3. The van der Waals surface area contributed by atoms with Crippen LogP contribution >= 0.6 is 0 Å². The van der Waals surface area contributed by atoms with E-state index in [1.807, 2.05) is 60.7 Å². The number of hydrogen-bond donors (Lipinski definition) is 1. The minimum atomic E-state index is -0.736. The summed E-state index contributed by atoms with van der Waals surface area (Å²) in [6.45, 7) is 1.59. The van der Waals surface area contributed by atoms with E-state index in [0.29, 0.717) is 0 Å². The van der Waals surface area contributed by atoms with Crippen LogP contribution in [0.5, 0.6) is 0 Å². The van der Waals surface area contributed by atoms with Crippen molar-refractivity contribution in [1.29, 1.82) is 0 Å². The smallest absolute Gasteiger partial charge is 0.302 e. The average molecular weight is 504 g/mol. The van der Waals surface area contributed by atoms with Gasteiger partial charge in [0.25, 0.3) is 5.56 Å². The van der Waals surface area contributed by atoms with Crippen LogP contribution in [0.25, 0.3) is 11.2 Å². The van der Waals surface area contributed by atoms with E-state index in [2.05, 4.69) is 9.97 Å². The van der Waals surface area contributed by atoms with E-state index in [1.165, 1.54) is 17.8 Å². The molecule has 0 amide bonds. The van der Waals surface area contributed by atoms with Crippen LogP contribution in [-0.2, 0) is 30.3 Å². The van der Waals surface area contributed by atoms with E-state index in [-0.39, 0.29) is 35.8 Å². The van der Waals surface area contributed by atoms with Gasteiger partial charge >= 0.3 is 5.97 Å². The Balaban J connectivity index is 1.35. The van der Waals surface area contributed by atoms with Crippen LogP contribution in [-0.4, -0.2) is 50.0 Å². The fourth-order valence-electron chi connectivity index (χ4n) is 4.78. The lowest BCUT2D eigenvalue weighted by Gasteiger charge is -2.21. The number of nitrogens with zero attached hydrogens (tertiary/aromatic N) is 4. The molecule has 0 radical (unpaired) electrons. The van der Waals surface area contributed by atoms with Crippen molar-refractivity contribution in [2.45, 2.75) is 44.3 Å². The van der Waals surface area contributed by atoms with Crippen molar-refractivity contribution in [2.75, 3.05) is 12.3 Å². The summed E-state index contributed by atoms with van der Waals surface area (Å²) < 4.78 is 27.0. The van der Waals surface area contributed by atoms with E-state index in [9.17, 15) is 9.59 Å². The minimum absolute atomic E-state index is 0.00997. The summed E-state index contributed by atoms with van der Waals surface area (Å²) in [7, 11) is 0. The zero-order valence-electron chi connectivity index (χ0n) is 20.0. The van der Waals surface area contributed by atoms with Gasteiger partial charge in [0.1, 0.15) is 24.9 Å². The van der Waals surface area contributed by atoms with Gasteiger partial charge in [-0.05, 0) is 5.56 Å². The van der Waals surface area contributed by atoms with Crippen molar-refractivity contribution in [3.8, 4) is 0 Å². The molecule has 2 aliphatic heterocycles. The van der Waals surface area contributed by atoms with Gasteiger partial charge in [0.2, 0.25) is 5.95 Å². The second-order valence-electron chi connectivity index (χ2n) is 8.98. The fourth-order valence-corrected chi connectivity index (χ4v) is 4.78. The molecule has 4 heterocycles. The van der Waals surface area contributed by atoms with Crippen LogP contribution in [0.2, 0.25) is 0 Å². The molecular weight excluding hydrogens is 478 g/mol. The molecule has 2 saturated heterocycles. The lowest BCUT2D eigenvalue weighted by atomic mass is 10.1. The van der Waals surface area contributed by atoms with Gasteiger partial charge in [-0.2, -0.15) is 4.98 Å². The molecule has 0 aliphatic carbocycles. The van der Waals surface area contributed by atoms with Crippen molar-refractivity contribution in [3.05, 3.63) is 88.5 Å². The van der Waals surface area contributed by atoms with Gasteiger partial charge in [-0.25, -0.2) is 4.98 Å². The van der Waals surface area contributed by atoms with Crippen molar-refractivity contribution in [1.82, 2.24) is 19.1 Å². The van der Waals surface area contributed by atoms with Crippen molar-refractivity contribution < 1.29 is 23.7 Å². The standard InChI is InChI=1S/C26H25N5O6/c1-15(32)34-13-18-20-21(37-25(36-20)17-10-6-3-7-11-17)24(35-18)31-14-28-19-22(31)29-26(27)30(23(19)33)12-16-8-4-2-5-9-16/h2-11,14,18,20-21,24-25H,12-13H2,1H3,(H2,27,29)/t18-,20-,21-,24-,25?/m1/s1. The Morgan fingerprint density at radius 3 is 2.46 bits per heavy atom. The summed E-state index contributed by atoms with van der Waals surface area (Å²) >= 11 is 0. The molecule has 0 spiro atoms. The molecule has 1 unspecified atom stereocenters. The Morgan fingerprint density at radius 1 is 1.03 bits per heavy atom. The number of ether oxygens (including phenoxy) is 4. The number of fused-ring (bicyclic) bond motifs is 2. The van der Waals surface area contributed by atoms with E-state index in [0.717, 1.165) is 11.1 Å². The molecule has 2 aromatic carbocycles. The Kier molecular flexibility index (Phi) is 5.95. The molecule has 4 aromatic rings. The zero-order chi connectivity index (χ0) is 25.5. The second kappa shape index (κ2) is 9.43. The summed E-state index contributed by atoms with van der Waals surface area (Å²) in [5, 5.41) is 0. The average Bonchev–Trinajstić information content (AvgIpc) is 3.60. The van der Waals surface area contributed by atoms with Gasteiger partial charge in [0.05, 0.1) is 12.9 Å². The SMILES string of the molecule is CC(=O)OC[C@H]1O[C@@H](n2cnc3c(=O)n(Cc4ccccc4)c(N)nc32)[C@@H]2OC(c3ccccc3)O[C@@H]21. The van der Waals surface area contributed by atoms with E-state index < -0.39 is 36.8 Å². The van der Waals surface area contributed by atoms with Gasteiger partial charge in [0.15, 0.2) is 23.7 Å². The molecule has 2 fully saturated rings. The third-order valence-corrected chi connectivity index (χ3v) is 6.54. The molecule has 6 rings (SSSR count). The molecular formula is C26H25N5O6. The van der Waals surface area contributed by atoms with Crippen molar-refractivity contribution in [2.24, 2.45) is 0 Å². The van der Waals surface area contributed by atoms with E-state index >= 15 is 0 Å². The molecule has 0 bridgehead atoms. The molecule has 5 atom stereocenters. The number of imidazole rings is 1. The minimum Gasteiger partial charge on any atom is -0.463 e. The molecule has 37 heavy (non-hydrogen) atoms. The van der Waals surface area contributed by atoms with E-state index in [1.54, 1.807) is 4.57 Å². The molecule has 2 aromatic heterocycles. The lowest BCUT2D eigenvalue weighted by Crippen LogP contribution is -2.32. The van der Waals surface area contributed by atoms with Gasteiger partial charge in [0, 0.05) is 12.5 Å². The maximum absolute atomic E-state index is 13.3. The zero-order valence-corrected chi connectivity index (χ0v) is 20.0. The van der Waals surface area contributed by atoms with Crippen LogP contribution in [0.4, 0.5) is 5.95 Å². The summed E-state index contributed by atoms with van der Waals surface area (Å²) in [6.07, 6.45) is -1.57. The molecule has 0 saturated carbocycles. The number of benzene rings is 2. The highest BCUT2D eigenvalue weighted by Gasteiger charge is 2.54. The van der Waals surface area contributed by atoms with Crippen LogP contribution < -0.4 is 11.3 Å². The Morgan fingerprint density at radius 2 is 1.73 bits per heavy atom. The van der Waals surface area contributed by atoms with Gasteiger partial charge < -0.3 is 24.7 Å². The highest BCUT2D eigenvalue weighted by atomic mass is 16.8. The summed E-state index contributed by atoms with van der Waals surface area (Å²) in [5.41, 5.74) is 8.07. The Labute approximate surface area is 211 Å². The Bertz CT molecular complexity index is 1490. The van der Waals surface area contributed by atoms with E-state index in [4.69, 9.17) is 24.7 Å². The summed E-state index contributed by atoms with van der Waals surface area (Å²) in [4.78, 5) is 33.6. The first-order valence-corrected chi connectivity index (χ1v) is 11.9. The number of anilines is 1. The third-order valence-electron chi connectivity index (χ3n) is 6.54. The number of nitrogens with two attached hydrogens (primary N) is 1. The molecule has 190 valence electrons. The monoisotopic (exact) mass is 503 g/mol. The lowest BCUT2D eigenvalue weighted by molar-refractivity contribution is -0.165. The number of esters is 1. The molecule has 11 nitrogen and oxygen atoms in total. The van der Waals surface area contributed by atoms with Crippen LogP contribution in [0, 0.1) is 0 Å². The number of nitrogen functional groups attached to an aromatic ring is 1.